The molecule has 0 aromatic heterocycles. The van der Waals surface area contributed by atoms with Crippen molar-refractivity contribution in [2.24, 2.45) is 11.8 Å². The molecule has 1 N–H and O–H groups in total. The van der Waals surface area contributed by atoms with Crippen LogP contribution in [-0.2, 0) is 14.4 Å². The summed E-state index contributed by atoms with van der Waals surface area (Å²) in [6.07, 6.45) is 6.64. The van der Waals surface area contributed by atoms with Gasteiger partial charge in [-0.1, -0.05) is 43.7 Å². The fraction of sp³-hybridized carbons (Fsp3) is 0.567. The Morgan fingerprint density at radius 2 is 1.87 bits per heavy atom. The van der Waals surface area contributed by atoms with Crippen LogP contribution >= 0.6 is 11.8 Å². The molecular formula is C30H41N3O4S. The van der Waals surface area contributed by atoms with Crippen molar-refractivity contribution in [2.75, 3.05) is 31.1 Å². The van der Waals surface area contributed by atoms with Crippen molar-refractivity contribution in [3.8, 4) is 0 Å². The number of likely N-dealkylation sites (tertiary alicyclic amines) is 1. The van der Waals surface area contributed by atoms with E-state index in [-0.39, 0.29) is 36.9 Å². The second-order valence-corrected chi connectivity index (χ2v) is 12.9. The highest BCUT2D eigenvalue weighted by Gasteiger charge is 2.77. The van der Waals surface area contributed by atoms with Crippen molar-refractivity contribution in [1.29, 1.82) is 0 Å². The second-order valence-electron chi connectivity index (χ2n) is 11.0. The first-order valence-corrected chi connectivity index (χ1v) is 14.5. The van der Waals surface area contributed by atoms with Crippen LogP contribution in [0.1, 0.15) is 46.5 Å². The molecule has 1 aromatic rings. The first kappa shape index (κ1) is 28.4. The summed E-state index contributed by atoms with van der Waals surface area (Å²) in [7, 11) is 0. The van der Waals surface area contributed by atoms with Crippen LogP contribution in [-0.4, -0.2) is 80.4 Å². The van der Waals surface area contributed by atoms with Gasteiger partial charge in [-0.25, -0.2) is 0 Å². The number of aliphatic hydroxyl groups is 1. The Hall–Kier alpha value is -2.58. The Morgan fingerprint density at radius 3 is 2.47 bits per heavy atom. The van der Waals surface area contributed by atoms with Gasteiger partial charge in [0, 0.05) is 36.1 Å². The van der Waals surface area contributed by atoms with E-state index in [1.54, 1.807) is 33.7 Å². The maximum absolute atomic E-state index is 14.3. The molecule has 0 aliphatic carbocycles. The van der Waals surface area contributed by atoms with E-state index in [4.69, 9.17) is 0 Å². The van der Waals surface area contributed by atoms with E-state index < -0.39 is 27.4 Å². The topological polar surface area (TPSA) is 81.2 Å². The molecule has 7 nitrogen and oxygen atoms in total. The van der Waals surface area contributed by atoms with Gasteiger partial charge in [0.05, 0.1) is 23.2 Å². The Balaban J connectivity index is 1.77. The number of carbonyl (C=O) groups is 3. The number of amides is 3. The number of fused-ring (bicyclic) bond motifs is 1. The fourth-order valence-electron chi connectivity index (χ4n) is 7.01. The molecular weight excluding hydrogens is 498 g/mol. The van der Waals surface area contributed by atoms with Crippen LogP contribution in [0.25, 0.3) is 0 Å². The number of nitrogens with zero attached hydrogens (tertiary/aromatic N) is 3. The monoisotopic (exact) mass is 539 g/mol. The third-order valence-corrected chi connectivity index (χ3v) is 10.6. The van der Waals surface area contributed by atoms with Crippen LogP contribution in [0.3, 0.4) is 0 Å². The quantitative estimate of drug-likeness (QED) is 0.408. The van der Waals surface area contributed by atoms with Crippen LogP contribution < -0.4 is 4.90 Å². The van der Waals surface area contributed by atoms with Crippen molar-refractivity contribution in [2.45, 2.75) is 68.0 Å². The zero-order valence-corrected chi connectivity index (χ0v) is 23.7. The molecule has 4 rings (SSSR count). The molecule has 3 aliphatic heterocycles. The van der Waals surface area contributed by atoms with E-state index >= 15 is 0 Å². The SMILES string of the molecule is C=CCN(C(=O)[C@@H]1[C@H]2C(=O)N(CCO)C(C(=O)N(CC=C)C(C)CCC)C23CC[C@@]1(C)S3)c1ccccc1. The lowest BCUT2D eigenvalue weighted by atomic mass is 9.66. The van der Waals surface area contributed by atoms with Crippen molar-refractivity contribution in [1.82, 2.24) is 9.80 Å². The molecule has 8 heteroatoms. The molecule has 3 saturated heterocycles. The van der Waals surface area contributed by atoms with E-state index in [1.807, 2.05) is 42.2 Å². The van der Waals surface area contributed by atoms with Gasteiger partial charge in [-0.05, 0) is 45.2 Å². The zero-order valence-electron chi connectivity index (χ0n) is 22.8. The normalized spacial score (nSPS) is 30.2. The Labute approximate surface area is 230 Å². The summed E-state index contributed by atoms with van der Waals surface area (Å²) >= 11 is 1.66. The van der Waals surface area contributed by atoms with Gasteiger partial charge in [0.2, 0.25) is 17.7 Å². The first-order valence-electron chi connectivity index (χ1n) is 13.7. The van der Waals surface area contributed by atoms with Crippen LogP contribution in [0, 0.1) is 11.8 Å². The lowest BCUT2D eigenvalue weighted by Gasteiger charge is -2.39. The number of hydrogen-bond acceptors (Lipinski definition) is 5. The number of aliphatic hydroxyl groups excluding tert-OH is 1. The number of rotatable bonds is 12. The summed E-state index contributed by atoms with van der Waals surface area (Å²) in [5, 5.41) is 9.91. The molecule has 3 fully saturated rings. The molecule has 2 bridgehead atoms. The minimum Gasteiger partial charge on any atom is -0.395 e. The molecule has 1 spiro atoms. The van der Waals surface area contributed by atoms with E-state index in [0.717, 1.165) is 24.9 Å². The number of anilines is 1. The number of benzene rings is 1. The molecule has 1 aromatic carbocycles. The molecule has 3 amide bonds. The average Bonchev–Trinajstić information content (AvgIpc) is 3.47. The van der Waals surface area contributed by atoms with Gasteiger partial charge in [0.1, 0.15) is 6.04 Å². The number of hydrogen-bond donors (Lipinski definition) is 1. The number of carbonyl (C=O) groups excluding carboxylic acids is 3. The van der Waals surface area contributed by atoms with Crippen LogP contribution in [0.15, 0.2) is 55.6 Å². The van der Waals surface area contributed by atoms with Crippen molar-refractivity contribution < 1.29 is 19.5 Å². The van der Waals surface area contributed by atoms with Gasteiger partial charge in [-0.3, -0.25) is 14.4 Å². The third kappa shape index (κ3) is 4.49. The van der Waals surface area contributed by atoms with Crippen LogP contribution in [0.2, 0.25) is 0 Å². The Kier molecular flexibility index (Phi) is 8.43. The molecule has 6 atom stereocenters. The third-order valence-electron chi connectivity index (χ3n) is 8.61. The summed E-state index contributed by atoms with van der Waals surface area (Å²) in [6, 6.07) is 8.74. The molecule has 3 aliphatic rings. The van der Waals surface area contributed by atoms with E-state index in [1.165, 1.54) is 0 Å². The van der Waals surface area contributed by atoms with E-state index in [0.29, 0.717) is 19.5 Å². The average molecular weight is 540 g/mol. The van der Waals surface area contributed by atoms with Crippen LogP contribution in [0.4, 0.5) is 5.69 Å². The highest BCUT2D eigenvalue weighted by Crippen LogP contribution is 2.71. The summed E-state index contributed by atoms with van der Waals surface area (Å²) < 4.78 is -1.17. The lowest BCUT2D eigenvalue weighted by Crippen LogP contribution is -2.57. The molecule has 0 saturated carbocycles. The lowest BCUT2D eigenvalue weighted by molar-refractivity contribution is -0.144. The number of thioether (sulfide) groups is 1. The Bertz CT molecular complexity index is 1080. The van der Waals surface area contributed by atoms with Gasteiger partial charge in [-0.2, -0.15) is 0 Å². The molecule has 3 heterocycles. The molecule has 0 radical (unpaired) electrons. The largest absolute Gasteiger partial charge is 0.395 e. The molecule has 38 heavy (non-hydrogen) atoms. The van der Waals surface area contributed by atoms with Crippen molar-refractivity contribution in [3.05, 3.63) is 55.6 Å². The standard InChI is InChI=1S/C30H41N3O4S/c1-6-12-21(4)31(17-7-2)28(37)25-30-16-15-29(5,38-30)23(24(30)27(36)33(25)19-20-34)26(35)32(18-8-3)22-13-10-9-11-14-22/h7-11,13-14,21,23-25,34H,2-3,6,12,15-20H2,1,4-5H3/t21?,23-,24-,25?,29+,30?/m0/s1. The van der Waals surface area contributed by atoms with Gasteiger partial charge in [0.15, 0.2) is 0 Å². The number of β-amino-alcohol motifs (C(OH)–C–C–N with tert-alkyl or cyclic N) is 1. The highest BCUT2D eigenvalue weighted by atomic mass is 32.2. The minimum absolute atomic E-state index is 0.00943. The molecule has 3 unspecified atom stereocenters. The zero-order chi connectivity index (χ0) is 27.7. The minimum atomic E-state index is -0.722. The predicted molar refractivity (Wildman–Crippen MR) is 153 cm³/mol. The maximum Gasteiger partial charge on any atom is 0.247 e. The highest BCUT2D eigenvalue weighted by molar-refractivity contribution is 8.02. The summed E-state index contributed by atoms with van der Waals surface area (Å²) in [6.45, 7) is 14.5. The van der Waals surface area contributed by atoms with Gasteiger partial charge >= 0.3 is 0 Å². The van der Waals surface area contributed by atoms with Crippen molar-refractivity contribution in [3.63, 3.8) is 0 Å². The van der Waals surface area contributed by atoms with Crippen molar-refractivity contribution >= 4 is 35.2 Å². The van der Waals surface area contributed by atoms with Gasteiger partial charge in [0.25, 0.3) is 0 Å². The summed E-state index contributed by atoms with van der Waals surface area (Å²) in [5.41, 5.74) is 0.763. The maximum atomic E-state index is 14.3. The second kappa shape index (κ2) is 11.3. The summed E-state index contributed by atoms with van der Waals surface area (Å²) in [4.78, 5) is 47.9. The van der Waals surface area contributed by atoms with E-state index in [9.17, 15) is 19.5 Å². The molecule has 206 valence electrons. The van der Waals surface area contributed by atoms with Crippen LogP contribution in [0.5, 0.6) is 0 Å². The first-order chi connectivity index (χ1) is 18.2. The summed E-state index contributed by atoms with van der Waals surface area (Å²) in [5.74, 6) is -1.60. The van der Waals surface area contributed by atoms with Gasteiger partial charge in [-0.15, -0.1) is 24.9 Å². The predicted octanol–water partition coefficient (Wildman–Crippen LogP) is 3.88. The number of para-hydroxylation sites is 1. The smallest absolute Gasteiger partial charge is 0.247 e. The fourth-order valence-corrected chi connectivity index (χ4v) is 9.36. The van der Waals surface area contributed by atoms with E-state index in [2.05, 4.69) is 27.0 Å². The Morgan fingerprint density at radius 1 is 1.18 bits per heavy atom. The van der Waals surface area contributed by atoms with Gasteiger partial charge < -0.3 is 19.8 Å².